The highest BCUT2D eigenvalue weighted by Gasteiger charge is 2.11. The van der Waals surface area contributed by atoms with Gasteiger partial charge in [-0.15, -0.1) is 0 Å². The third-order valence-corrected chi connectivity index (χ3v) is 4.73. The lowest BCUT2D eigenvalue weighted by Crippen LogP contribution is -2.14. The average molecular weight is 407 g/mol. The monoisotopic (exact) mass is 407 g/mol. The Hall–Kier alpha value is -4.52. The van der Waals surface area contributed by atoms with Crippen molar-refractivity contribution >= 4 is 22.6 Å². The Morgan fingerprint density at radius 1 is 0.903 bits per heavy atom. The number of aromatic amines is 1. The standard InChI is InChI=1S/C24H17N5O2/c30-24(21-14-20(27-15-28-21)16-4-2-1-3-5-16)29-17-6-8-18(9-7-17)31-22-11-13-26-23-19(22)10-12-25-23/h1-15H,(H,25,26)(H,29,30). The number of amides is 1. The van der Waals surface area contributed by atoms with Crippen molar-refractivity contribution in [1.29, 1.82) is 0 Å². The van der Waals surface area contributed by atoms with Crippen LogP contribution < -0.4 is 10.1 Å². The molecule has 31 heavy (non-hydrogen) atoms. The van der Waals surface area contributed by atoms with Gasteiger partial charge in [-0.2, -0.15) is 0 Å². The van der Waals surface area contributed by atoms with Gasteiger partial charge < -0.3 is 15.0 Å². The van der Waals surface area contributed by atoms with E-state index in [1.807, 2.05) is 48.7 Å². The van der Waals surface area contributed by atoms with E-state index in [1.54, 1.807) is 36.5 Å². The number of nitrogens with one attached hydrogen (secondary N) is 2. The van der Waals surface area contributed by atoms with Gasteiger partial charge in [0.25, 0.3) is 5.91 Å². The van der Waals surface area contributed by atoms with E-state index in [2.05, 4.69) is 25.3 Å². The summed E-state index contributed by atoms with van der Waals surface area (Å²) in [4.78, 5) is 28.3. The van der Waals surface area contributed by atoms with Gasteiger partial charge >= 0.3 is 0 Å². The number of rotatable bonds is 5. The second-order valence-electron chi connectivity index (χ2n) is 6.78. The molecule has 3 aromatic heterocycles. The number of pyridine rings is 1. The summed E-state index contributed by atoms with van der Waals surface area (Å²) in [5.41, 5.74) is 3.31. The van der Waals surface area contributed by atoms with Gasteiger partial charge in [-0.3, -0.25) is 4.79 Å². The summed E-state index contributed by atoms with van der Waals surface area (Å²) < 4.78 is 5.97. The molecule has 0 saturated carbocycles. The molecule has 5 aromatic rings. The first-order valence-electron chi connectivity index (χ1n) is 9.65. The summed E-state index contributed by atoms with van der Waals surface area (Å²) in [5, 5.41) is 3.75. The molecule has 2 N–H and O–H groups in total. The van der Waals surface area contributed by atoms with Crippen LogP contribution in [-0.4, -0.2) is 25.8 Å². The number of anilines is 1. The normalized spacial score (nSPS) is 10.7. The number of nitrogens with zero attached hydrogens (tertiary/aromatic N) is 3. The molecule has 5 rings (SSSR count). The summed E-state index contributed by atoms with van der Waals surface area (Å²) in [6.07, 6.45) is 4.90. The lowest BCUT2D eigenvalue weighted by molar-refractivity contribution is 0.102. The van der Waals surface area contributed by atoms with E-state index in [0.717, 1.165) is 16.6 Å². The van der Waals surface area contributed by atoms with Crippen LogP contribution in [0.5, 0.6) is 11.5 Å². The smallest absolute Gasteiger partial charge is 0.274 e. The van der Waals surface area contributed by atoms with Gasteiger partial charge in [-0.1, -0.05) is 30.3 Å². The Bertz CT molecular complexity index is 1350. The highest BCUT2D eigenvalue weighted by Crippen LogP contribution is 2.29. The molecule has 0 aliphatic rings. The number of hydrogen-bond donors (Lipinski definition) is 2. The first-order valence-corrected chi connectivity index (χ1v) is 9.65. The number of carbonyl (C=O) groups excluding carboxylic acids is 1. The molecule has 3 heterocycles. The molecule has 150 valence electrons. The molecule has 0 bridgehead atoms. The second-order valence-corrected chi connectivity index (χ2v) is 6.78. The fourth-order valence-electron chi connectivity index (χ4n) is 3.20. The molecule has 0 aliphatic heterocycles. The van der Waals surface area contributed by atoms with Crippen LogP contribution in [0.2, 0.25) is 0 Å². The van der Waals surface area contributed by atoms with Crippen LogP contribution in [0.25, 0.3) is 22.3 Å². The maximum atomic E-state index is 12.6. The average Bonchev–Trinajstić information content (AvgIpc) is 3.31. The predicted molar refractivity (Wildman–Crippen MR) is 118 cm³/mol. The Morgan fingerprint density at radius 3 is 2.58 bits per heavy atom. The van der Waals surface area contributed by atoms with Crippen LogP contribution in [0.15, 0.2) is 91.5 Å². The van der Waals surface area contributed by atoms with Crippen molar-refractivity contribution in [3.8, 4) is 22.8 Å². The van der Waals surface area contributed by atoms with E-state index in [-0.39, 0.29) is 5.91 Å². The number of fused-ring (bicyclic) bond motifs is 1. The van der Waals surface area contributed by atoms with Gasteiger partial charge in [0.1, 0.15) is 29.2 Å². The van der Waals surface area contributed by atoms with Crippen molar-refractivity contribution in [3.63, 3.8) is 0 Å². The molecule has 0 radical (unpaired) electrons. The molecule has 7 nitrogen and oxygen atoms in total. The lowest BCUT2D eigenvalue weighted by Gasteiger charge is -2.09. The quantitative estimate of drug-likeness (QED) is 0.425. The Balaban J connectivity index is 1.30. The molecule has 0 fully saturated rings. The van der Waals surface area contributed by atoms with E-state index < -0.39 is 0 Å². The Kier molecular flexibility index (Phi) is 4.82. The number of benzene rings is 2. The van der Waals surface area contributed by atoms with E-state index in [0.29, 0.717) is 28.6 Å². The molecule has 0 saturated heterocycles. The summed E-state index contributed by atoms with van der Waals surface area (Å²) in [5.74, 6) is 1.05. The van der Waals surface area contributed by atoms with Crippen molar-refractivity contribution < 1.29 is 9.53 Å². The van der Waals surface area contributed by atoms with Crippen LogP contribution in [0.1, 0.15) is 10.5 Å². The number of carbonyl (C=O) groups is 1. The minimum atomic E-state index is -0.309. The second kappa shape index (κ2) is 8.08. The zero-order valence-corrected chi connectivity index (χ0v) is 16.3. The van der Waals surface area contributed by atoms with Crippen molar-refractivity contribution in [2.24, 2.45) is 0 Å². The van der Waals surface area contributed by atoms with Crippen LogP contribution in [0.3, 0.4) is 0 Å². The molecule has 0 unspecified atom stereocenters. The zero-order chi connectivity index (χ0) is 21.0. The van der Waals surface area contributed by atoms with Crippen LogP contribution in [-0.2, 0) is 0 Å². The summed E-state index contributed by atoms with van der Waals surface area (Å²) >= 11 is 0. The molecule has 0 atom stereocenters. The molecular formula is C24H17N5O2. The molecule has 0 aliphatic carbocycles. The van der Waals surface area contributed by atoms with Crippen LogP contribution >= 0.6 is 0 Å². The van der Waals surface area contributed by atoms with Crippen molar-refractivity contribution in [2.45, 2.75) is 0 Å². The Morgan fingerprint density at radius 2 is 1.74 bits per heavy atom. The SMILES string of the molecule is O=C(Nc1ccc(Oc2ccnc3[nH]ccc23)cc1)c1cc(-c2ccccc2)ncn1. The van der Waals surface area contributed by atoms with E-state index in [1.165, 1.54) is 6.33 Å². The third kappa shape index (κ3) is 3.97. The van der Waals surface area contributed by atoms with Crippen LogP contribution in [0.4, 0.5) is 5.69 Å². The lowest BCUT2D eigenvalue weighted by atomic mass is 10.1. The Labute approximate surface area is 177 Å². The van der Waals surface area contributed by atoms with E-state index >= 15 is 0 Å². The minimum absolute atomic E-state index is 0.292. The number of aromatic nitrogens is 4. The topological polar surface area (TPSA) is 92.8 Å². The van der Waals surface area contributed by atoms with E-state index in [4.69, 9.17) is 4.74 Å². The minimum Gasteiger partial charge on any atom is -0.457 e. The van der Waals surface area contributed by atoms with Gasteiger partial charge in [0.15, 0.2) is 0 Å². The van der Waals surface area contributed by atoms with Crippen molar-refractivity contribution in [3.05, 3.63) is 97.2 Å². The molecule has 0 spiro atoms. The fraction of sp³-hybridized carbons (Fsp3) is 0. The van der Waals surface area contributed by atoms with Gasteiger partial charge in [0.2, 0.25) is 0 Å². The van der Waals surface area contributed by atoms with Crippen LogP contribution in [0, 0.1) is 0 Å². The third-order valence-electron chi connectivity index (χ3n) is 4.73. The van der Waals surface area contributed by atoms with Crippen molar-refractivity contribution in [2.75, 3.05) is 5.32 Å². The first-order chi connectivity index (χ1) is 15.3. The first kappa shape index (κ1) is 18.5. The summed E-state index contributed by atoms with van der Waals surface area (Å²) in [6.45, 7) is 0. The number of hydrogen-bond acceptors (Lipinski definition) is 5. The molecule has 1 amide bonds. The summed E-state index contributed by atoms with van der Waals surface area (Å²) in [6, 6.07) is 22.2. The highest BCUT2D eigenvalue weighted by atomic mass is 16.5. The zero-order valence-electron chi connectivity index (χ0n) is 16.3. The van der Waals surface area contributed by atoms with E-state index in [9.17, 15) is 4.79 Å². The van der Waals surface area contributed by atoms with Crippen molar-refractivity contribution in [1.82, 2.24) is 19.9 Å². The number of H-pyrrole nitrogens is 1. The number of ether oxygens (including phenoxy) is 1. The fourth-order valence-corrected chi connectivity index (χ4v) is 3.20. The molecule has 7 heteroatoms. The molecule has 2 aromatic carbocycles. The predicted octanol–water partition coefficient (Wildman–Crippen LogP) is 5.06. The largest absolute Gasteiger partial charge is 0.457 e. The van der Waals surface area contributed by atoms with Gasteiger partial charge in [0.05, 0.1) is 11.1 Å². The van der Waals surface area contributed by atoms with Gasteiger partial charge in [0, 0.05) is 23.6 Å². The van der Waals surface area contributed by atoms with Gasteiger partial charge in [-0.25, -0.2) is 15.0 Å². The maximum absolute atomic E-state index is 12.6. The molecular weight excluding hydrogens is 390 g/mol. The van der Waals surface area contributed by atoms with Gasteiger partial charge in [-0.05, 0) is 42.5 Å². The summed E-state index contributed by atoms with van der Waals surface area (Å²) in [7, 11) is 0. The maximum Gasteiger partial charge on any atom is 0.274 e. The highest BCUT2D eigenvalue weighted by molar-refractivity contribution is 6.03.